The van der Waals surface area contributed by atoms with Crippen LogP contribution in [-0.4, -0.2) is 21.5 Å². The van der Waals surface area contributed by atoms with Crippen molar-refractivity contribution in [1.29, 1.82) is 0 Å². The molecule has 0 fully saturated rings. The predicted octanol–water partition coefficient (Wildman–Crippen LogP) is 3.66. The van der Waals surface area contributed by atoms with E-state index in [0.29, 0.717) is 12.3 Å². The third kappa shape index (κ3) is 6.76. The van der Waals surface area contributed by atoms with E-state index in [1.54, 1.807) is 0 Å². The normalized spacial score (nSPS) is 12.8. The predicted molar refractivity (Wildman–Crippen MR) is 90.0 cm³/mol. The first-order valence-corrected chi connectivity index (χ1v) is 8.67. The Morgan fingerprint density at radius 1 is 1.29 bits per heavy atom. The van der Waals surface area contributed by atoms with E-state index in [0.717, 1.165) is 24.1 Å². The molecule has 2 amide bonds. The van der Waals surface area contributed by atoms with Crippen molar-refractivity contribution in [1.82, 2.24) is 5.32 Å². The van der Waals surface area contributed by atoms with Gasteiger partial charge < -0.3 is 10.6 Å². The molecule has 0 aliphatic rings. The first-order chi connectivity index (χ1) is 9.82. The summed E-state index contributed by atoms with van der Waals surface area (Å²) in [6.07, 6.45) is 2.02. The molecule has 1 aromatic rings. The number of nitrogens with one attached hydrogen (secondary N) is 2. The topological polar surface area (TPSA) is 58.2 Å². The lowest BCUT2D eigenvalue weighted by molar-refractivity contribution is 0.252. The minimum absolute atomic E-state index is 0.197. The highest BCUT2D eigenvalue weighted by molar-refractivity contribution is 7.85. The second-order valence-corrected chi connectivity index (χ2v) is 8.24. The molecule has 0 heterocycles. The first-order valence-electron chi connectivity index (χ1n) is 7.35. The summed E-state index contributed by atoms with van der Waals surface area (Å²) in [4.78, 5) is 11.7. The number of urea groups is 1. The summed E-state index contributed by atoms with van der Waals surface area (Å²) in [6.45, 7) is 8.65. The fourth-order valence-electron chi connectivity index (χ4n) is 1.66. The number of hydrogen-bond donors (Lipinski definition) is 2. The smallest absolute Gasteiger partial charge is 0.319 e. The van der Waals surface area contributed by atoms with Crippen LogP contribution in [0.3, 0.4) is 0 Å². The van der Waals surface area contributed by atoms with Crippen LogP contribution in [0.25, 0.3) is 0 Å². The van der Waals surface area contributed by atoms with Crippen molar-refractivity contribution in [3.05, 3.63) is 29.8 Å². The van der Waals surface area contributed by atoms with Crippen molar-refractivity contribution in [2.24, 2.45) is 0 Å². The zero-order chi connectivity index (χ0) is 15.9. The van der Waals surface area contributed by atoms with Gasteiger partial charge in [-0.2, -0.15) is 0 Å². The lowest BCUT2D eigenvalue weighted by Crippen LogP contribution is -2.29. The van der Waals surface area contributed by atoms with Gasteiger partial charge in [0.25, 0.3) is 0 Å². The Labute approximate surface area is 130 Å². The molecular weight excluding hydrogens is 284 g/mol. The van der Waals surface area contributed by atoms with Crippen LogP contribution in [0.1, 0.15) is 46.1 Å². The molecule has 0 aliphatic heterocycles. The molecule has 0 saturated carbocycles. The van der Waals surface area contributed by atoms with Crippen LogP contribution in [0, 0.1) is 0 Å². The molecule has 21 heavy (non-hydrogen) atoms. The maximum Gasteiger partial charge on any atom is 0.319 e. The van der Waals surface area contributed by atoms with Gasteiger partial charge in [-0.1, -0.05) is 25.5 Å². The van der Waals surface area contributed by atoms with Gasteiger partial charge in [-0.25, -0.2) is 4.79 Å². The van der Waals surface area contributed by atoms with Crippen LogP contribution in [0.15, 0.2) is 24.3 Å². The summed E-state index contributed by atoms with van der Waals surface area (Å²) in [7, 11) is -0.944. The summed E-state index contributed by atoms with van der Waals surface area (Å²) in [5.74, 6) is 0.497. The minimum atomic E-state index is -0.944. The van der Waals surface area contributed by atoms with Gasteiger partial charge >= 0.3 is 6.03 Å². The van der Waals surface area contributed by atoms with E-state index >= 15 is 0 Å². The maximum absolute atomic E-state index is 12.2. The van der Waals surface area contributed by atoms with Gasteiger partial charge in [-0.05, 0) is 44.9 Å². The highest BCUT2D eigenvalue weighted by Gasteiger charge is 2.19. The number of amides is 2. The Morgan fingerprint density at radius 2 is 2.00 bits per heavy atom. The van der Waals surface area contributed by atoms with Gasteiger partial charge in [-0.15, -0.1) is 0 Å². The lowest BCUT2D eigenvalue weighted by atomic mass is 10.2. The second-order valence-electron chi connectivity index (χ2n) is 6.04. The molecule has 0 spiro atoms. The number of unbranched alkanes of at least 4 members (excludes halogenated alkanes) is 1. The molecule has 0 saturated heterocycles. The SMILES string of the molecule is CCCCNC(=O)Nc1cccc(CS(=O)C(C)(C)C)c1. The van der Waals surface area contributed by atoms with Gasteiger partial charge in [-0.3, -0.25) is 4.21 Å². The summed E-state index contributed by atoms with van der Waals surface area (Å²) >= 11 is 0. The van der Waals surface area contributed by atoms with Crippen LogP contribution in [0.2, 0.25) is 0 Å². The summed E-state index contributed by atoms with van der Waals surface area (Å²) in [5.41, 5.74) is 1.70. The maximum atomic E-state index is 12.2. The standard InChI is InChI=1S/C16H26N2O2S/c1-5-6-10-17-15(19)18-14-9-7-8-13(11-14)12-21(20)16(2,3)4/h7-9,11H,5-6,10,12H2,1-4H3,(H2,17,18,19). The molecule has 5 heteroatoms. The largest absolute Gasteiger partial charge is 0.338 e. The lowest BCUT2D eigenvalue weighted by Gasteiger charge is -2.18. The van der Waals surface area contributed by atoms with E-state index in [2.05, 4.69) is 17.6 Å². The number of rotatable bonds is 6. The Morgan fingerprint density at radius 3 is 2.62 bits per heavy atom. The number of carbonyl (C=O) groups excluding carboxylic acids is 1. The van der Waals surface area contributed by atoms with Crippen molar-refractivity contribution < 1.29 is 9.00 Å². The Balaban J connectivity index is 2.60. The molecule has 1 aromatic carbocycles. The molecule has 1 unspecified atom stereocenters. The Bertz CT molecular complexity index is 495. The molecule has 0 aromatic heterocycles. The quantitative estimate of drug-likeness (QED) is 0.788. The van der Waals surface area contributed by atoms with Gasteiger partial charge in [0.05, 0.1) is 0 Å². The van der Waals surface area contributed by atoms with Crippen molar-refractivity contribution in [3.8, 4) is 0 Å². The minimum Gasteiger partial charge on any atom is -0.338 e. The van der Waals surface area contributed by atoms with Gasteiger partial charge in [0.2, 0.25) is 0 Å². The summed E-state index contributed by atoms with van der Waals surface area (Å²) in [6, 6.07) is 7.32. The zero-order valence-electron chi connectivity index (χ0n) is 13.4. The van der Waals surface area contributed by atoms with Gasteiger partial charge in [0.1, 0.15) is 0 Å². The monoisotopic (exact) mass is 310 g/mol. The second kappa shape index (κ2) is 8.17. The van der Waals surface area contributed by atoms with E-state index in [9.17, 15) is 9.00 Å². The highest BCUT2D eigenvalue weighted by atomic mass is 32.2. The van der Waals surface area contributed by atoms with Crippen molar-refractivity contribution in [3.63, 3.8) is 0 Å². The molecule has 0 aliphatic carbocycles. The molecule has 2 N–H and O–H groups in total. The zero-order valence-corrected chi connectivity index (χ0v) is 14.2. The van der Waals surface area contributed by atoms with Crippen LogP contribution >= 0.6 is 0 Å². The summed E-state index contributed by atoms with van der Waals surface area (Å²) < 4.78 is 11.9. The fourth-order valence-corrected chi connectivity index (χ4v) is 2.58. The molecule has 118 valence electrons. The van der Waals surface area contributed by atoms with E-state index in [-0.39, 0.29) is 10.8 Å². The molecule has 0 radical (unpaired) electrons. The molecule has 1 atom stereocenters. The van der Waals surface area contributed by atoms with Crippen molar-refractivity contribution in [2.75, 3.05) is 11.9 Å². The Hall–Kier alpha value is -1.36. The van der Waals surface area contributed by atoms with Crippen LogP contribution in [-0.2, 0) is 16.6 Å². The van der Waals surface area contributed by atoms with Crippen LogP contribution in [0.4, 0.5) is 10.5 Å². The van der Waals surface area contributed by atoms with Gasteiger partial charge in [0, 0.05) is 33.5 Å². The number of anilines is 1. The van der Waals surface area contributed by atoms with Crippen molar-refractivity contribution in [2.45, 2.75) is 51.0 Å². The number of hydrogen-bond acceptors (Lipinski definition) is 2. The van der Waals surface area contributed by atoms with Crippen LogP contribution in [0.5, 0.6) is 0 Å². The highest BCUT2D eigenvalue weighted by Crippen LogP contribution is 2.18. The third-order valence-electron chi connectivity index (χ3n) is 2.98. The van der Waals surface area contributed by atoms with E-state index < -0.39 is 10.8 Å². The molecule has 1 rings (SSSR count). The fraction of sp³-hybridized carbons (Fsp3) is 0.562. The molecule has 4 nitrogen and oxygen atoms in total. The van der Waals surface area contributed by atoms with E-state index in [1.807, 2.05) is 45.0 Å². The van der Waals surface area contributed by atoms with Gasteiger partial charge in [0.15, 0.2) is 0 Å². The summed E-state index contributed by atoms with van der Waals surface area (Å²) in [5, 5.41) is 5.61. The number of carbonyl (C=O) groups is 1. The third-order valence-corrected chi connectivity index (χ3v) is 4.94. The molecule has 0 bridgehead atoms. The average molecular weight is 310 g/mol. The number of benzene rings is 1. The van der Waals surface area contributed by atoms with E-state index in [1.165, 1.54) is 0 Å². The Kier molecular flexibility index (Phi) is 6.89. The van der Waals surface area contributed by atoms with Crippen molar-refractivity contribution >= 4 is 22.5 Å². The van der Waals surface area contributed by atoms with E-state index in [4.69, 9.17) is 0 Å². The average Bonchev–Trinajstić information content (AvgIpc) is 2.38. The first kappa shape index (κ1) is 17.7. The molecular formula is C16H26N2O2S. The van der Waals surface area contributed by atoms with Crippen LogP contribution < -0.4 is 10.6 Å².